The molecule has 14 heteroatoms. The zero-order chi connectivity index (χ0) is 30.4. The molecule has 3 aromatic carbocycles. The van der Waals surface area contributed by atoms with Gasteiger partial charge in [-0.1, -0.05) is 0 Å². The van der Waals surface area contributed by atoms with E-state index in [1.54, 1.807) is 0 Å². The number of aromatic nitrogens is 1. The summed E-state index contributed by atoms with van der Waals surface area (Å²) in [5.41, 5.74) is -8.41. The van der Waals surface area contributed by atoms with Crippen LogP contribution in [-0.4, -0.2) is 4.98 Å². The molecule has 216 valence electrons. The van der Waals surface area contributed by atoms with Crippen LogP contribution in [0.1, 0.15) is 22.3 Å². The number of anilines is 2. The minimum Gasteiger partial charge on any atom is -0.354 e. The van der Waals surface area contributed by atoms with E-state index in [1.807, 2.05) is 0 Å². The summed E-state index contributed by atoms with van der Waals surface area (Å²) in [6.07, 6.45) is -18.1. The number of halogens is 12. The molecule has 0 atom stereocenters. The van der Waals surface area contributed by atoms with Crippen molar-refractivity contribution in [1.29, 1.82) is 0 Å². The Morgan fingerprint density at radius 2 is 0.805 bits per heavy atom. The van der Waals surface area contributed by atoms with Crippen LogP contribution in [0.5, 0.6) is 0 Å². The predicted octanol–water partition coefficient (Wildman–Crippen LogP) is 10.2. The quantitative estimate of drug-likeness (QED) is 0.238. The molecular formula is C27H14F12N2. The van der Waals surface area contributed by atoms with E-state index in [2.05, 4.69) is 10.3 Å². The highest BCUT2D eigenvalue weighted by Crippen LogP contribution is 2.42. The van der Waals surface area contributed by atoms with E-state index in [-0.39, 0.29) is 34.6 Å². The van der Waals surface area contributed by atoms with Crippen molar-refractivity contribution >= 4 is 11.4 Å². The lowest BCUT2D eigenvalue weighted by atomic mass is 9.93. The second-order valence-corrected chi connectivity index (χ2v) is 8.75. The van der Waals surface area contributed by atoms with Gasteiger partial charge in [-0.2, -0.15) is 52.7 Å². The van der Waals surface area contributed by atoms with Gasteiger partial charge in [-0.05, 0) is 89.0 Å². The maximum absolute atomic E-state index is 13.5. The van der Waals surface area contributed by atoms with Crippen LogP contribution in [0, 0.1) is 0 Å². The van der Waals surface area contributed by atoms with Gasteiger partial charge in [-0.3, -0.25) is 4.98 Å². The van der Waals surface area contributed by atoms with E-state index in [0.29, 0.717) is 24.3 Å². The molecule has 0 spiro atoms. The molecule has 0 bridgehead atoms. The number of hydrogen-bond acceptors (Lipinski definition) is 2. The van der Waals surface area contributed by atoms with Crippen LogP contribution in [0.3, 0.4) is 0 Å². The van der Waals surface area contributed by atoms with E-state index in [1.165, 1.54) is 24.5 Å². The SMILES string of the molecule is FC(F)(F)c1cc(-c2cc(Nc3cccnc3)cc(-c3cc(C(F)(F)F)cc(C(F)(F)F)c3)c2)cc(C(F)(F)F)c1. The second-order valence-electron chi connectivity index (χ2n) is 8.75. The topological polar surface area (TPSA) is 24.9 Å². The average Bonchev–Trinajstić information content (AvgIpc) is 2.86. The predicted molar refractivity (Wildman–Crippen MR) is 125 cm³/mol. The molecule has 1 aromatic heterocycles. The van der Waals surface area contributed by atoms with E-state index in [9.17, 15) is 52.7 Å². The van der Waals surface area contributed by atoms with Crippen LogP contribution in [0.25, 0.3) is 22.3 Å². The molecule has 41 heavy (non-hydrogen) atoms. The Hall–Kier alpha value is -4.23. The fraction of sp³-hybridized carbons (Fsp3) is 0.148. The zero-order valence-corrected chi connectivity index (χ0v) is 20.0. The Balaban J connectivity index is 2.00. The van der Waals surface area contributed by atoms with Crippen LogP contribution in [0.2, 0.25) is 0 Å². The van der Waals surface area contributed by atoms with Crippen molar-refractivity contribution in [3.63, 3.8) is 0 Å². The number of benzene rings is 3. The van der Waals surface area contributed by atoms with Gasteiger partial charge in [0, 0.05) is 11.9 Å². The summed E-state index contributed by atoms with van der Waals surface area (Å²) in [5, 5.41) is 2.75. The molecule has 0 aliphatic heterocycles. The van der Waals surface area contributed by atoms with Crippen molar-refractivity contribution in [3.05, 3.63) is 101 Å². The second kappa shape index (κ2) is 10.3. The number of nitrogens with one attached hydrogen (secondary N) is 1. The molecule has 0 radical (unpaired) electrons. The van der Waals surface area contributed by atoms with Crippen molar-refractivity contribution < 1.29 is 52.7 Å². The lowest BCUT2D eigenvalue weighted by Crippen LogP contribution is -2.11. The Kier molecular flexibility index (Phi) is 7.48. The lowest BCUT2D eigenvalue weighted by molar-refractivity contribution is -0.144. The van der Waals surface area contributed by atoms with Crippen LogP contribution in [-0.2, 0) is 24.7 Å². The van der Waals surface area contributed by atoms with Crippen molar-refractivity contribution in [2.24, 2.45) is 0 Å². The van der Waals surface area contributed by atoms with E-state index in [0.717, 1.165) is 18.2 Å². The number of nitrogens with zero attached hydrogens (tertiary/aromatic N) is 1. The van der Waals surface area contributed by atoms with Crippen molar-refractivity contribution in [2.45, 2.75) is 24.7 Å². The smallest absolute Gasteiger partial charge is 0.354 e. The van der Waals surface area contributed by atoms with Crippen molar-refractivity contribution in [2.75, 3.05) is 5.32 Å². The third kappa shape index (κ3) is 7.11. The summed E-state index contributed by atoms with van der Waals surface area (Å²) in [7, 11) is 0. The van der Waals surface area contributed by atoms with Crippen LogP contribution < -0.4 is 5.32 Å². The van der Waals surface area contributed by atoms with Gasteiger partial charge in [0.1, 0.15) is 0 Å². The Morgan fingerprint density at radius 1 is 0.439 bits per heavy atom. The van der Waals surface area contributed by atoms with E-state index < -0.39 is 58.1 Å². The maximum Gasteiger partial charge on any atom is 0.416 e. The van der Waals surface area contributed by atoms with Gasteiger partial charge in [0.15, 0.2) is 0 Å². The van der Waals surface area contributed by atoms with Gasteiger partial charge in [0.25, 0.3) is 0 Å². The summed E-state index contributed by atoms with van der Waals surface area (Å²) in [6.45, 7) is 0. The van der Waals surface area contributed by atoms with E-state index in [4.69, 9.17) is 0 Å². The first-order valence-electron chi connectivity index (χ1n) is 11.2. The average molecular weight is 594 g/mol. The number of alkyl halides is 12. The first-order valence-corrected chi connectivity index (χ1v) is 11.2. The Bertz CT molecular complexity index is 1390. The molecule has 0 saturated heterocycles. The molecular weight excluding hydrogens is 580 g/mol. The maximum atomic E-state index is 13.5. The normalized spacial score (nSPS) is 12.9. The van der Waals surface area contributed by atoms with Gasteiger partial charge >= 0.3 is 24.7 Å². The third-order valence-electron chi connectivity index (χ3n) is 5.73. The summed E-state index contributed by atoms with van der Waals surface area (Å²) in [5.74, 6) is 0. The molecule has 4 aromatic rings. The first-order chi connectivity index (χ1) is 18.8. The molecule has 0 aliphatic carbocycles. The largest absolute Gasteiger partial charge is 0.416 e. The standard InChI is InChI=1S/C27H14F12N2/c28-24(29,30)18-5-16(6-19(11-18)25(31,32)33)14-4-15(10-23(9-14)41-22-2-1-3-40-13-22)17-7-20(26(34,35)36)12-21(8-17)27(37,38)39/h1-13,41H. The fourth-order valence-electron chi connectivity index (χ4n) is 3.88. The van der Waals surface area contributed by atoms with Gasteiger partial charge in [0.05, 0.1) is 34.1 Å². The lowest BCUT2D eigenvalue weighted by Gasteiger charge is -2.18. The summed E-state index contributed by atoms with van der Waals surface area (Å²) >= 11 is 0. The molecule has 0 saturated carbocycles. The van der Waals surface area contributed by atoms with Crippen LogP contribution in [0.15, 0.2) is 79.1 Å². The molecule has 0 unspecified atom stereocenters. The summed E-state index contributed by atoms with van der Waals surface area (Å²) in [6, 6.07) is 7.43. The number of hydrogen-bond donors (Lipinski definition) is 1. The minimum absolute atomic E-state index is 0.0672. The fourth-order valence-corrected chi connectivity index (χ4v) is 3.88. The number of rotatable bonds is 4. The van der Waals surface area contributed by atoms with Gasteiger partial charge in [-0.25, -0.2) is 0 Å². The number of pyridine rings is 1. The molecule has 2 nitrogen and oxygen atoms in total. The Labute approximate surface area is 223 Å². The first kappa shape index (κ1) is 29.7. The molecule has 4 rings (SSSR count). The van der Waals surface area contributed by atoms with Gasteiger partial charge in [0.2, 0.25) is 0 Å². The summed E-state index contributed by atoms with van der Waals surface area (Å²) < 4.78 is 162. The monoisotopic (exact) mass is 594 g/mol. The molecule has 1 heterocycles. The highest BCUT2D eigenvalue weighted by Gasteiger charge is 2.38. The van der Waals surface area contributed by atoms with Crippen molar-refractivity contribution in [1.82, 2.24) is 4.98 Å². The van der Waals surface area contributed by atoms with Crippen molar-refractivity contribution in [3.8, 4) is 22.3 Å². The highest BCUT2D eigenvalue weighted by atomic mass is 19.4. The molecule has 0 amide bonds. The van der Waals surface area contributed by atoms with Crippen LogP contribution >= 0.6 is 0 Å². The zero-order valence-electron chi connectivity index (χ0n) is 20.0. The molecule has 0 fully saturated rings. The van der Waals surface area contributed by atoms with E-state index >= 15 is 0 Å². The van der Waals surface area contributed by atoms with Gasteiger partial charge < -0.3 is 5.32 Å². The highest BCUT2D eigenvalue weighted by molar-refractivity contribution is 5.80. The Morgan fingerprint density at radius 3 is 1.12 bits per heavy atom. The van der Waals surface area contributed by atoms with Gasteiger partial charge in [-0.15, -0.1) is 0 Å². The minimum atomic E-state index is -5.20. The molecule has 0 aliphatic rings. The van der Waals surface area contributed by atoms with Crippen LogP contribution in [0.4, 0.5) is 64.1 Å². The third-order valence-corrected chi connectivity index (χ3v) is 5.73. The molecule has 1 N–H and O–H groups in total. The summed E-state index contributed by atoms with van der Waals surface area (Å²) in [4.78, 5) is 3.83.